The number of hydrogen-bond donors (Lipinski definition) is 1. The summed E-state index contributed by atoms with van der Waals surface area (Å²) in [5.41, 5.74) is 5.71. The molecule has 0 saturated heterocycles. The monoisotopic (exact) mass is 444 g/mol. The Balaban J connectivity index is 1.59. The second-order valence-corrected chi connectivity index (χ2v) is 7.94. The maximum absolute atomic E-state index is 5.72. The highest BCUT2D eigenvalue weighted by molar-refractivity contribution is 7.20. The molecule has 0 aliphatic heterocycles. The molecular weight excluding hydrogens is 420 g/mol. The van der Waals surface area contributed by atoms with Crippen LogP contribution >= 0.6 is 11.3 Å². The van der Waals surface area contributed by atoms with Crippen LogP contribution in [0.3, 0.4) is 0 Å². The van der Waals surface area contributed by atoms with Crippen LogP contribution in [0.4, 0.5) is 5.69 Å². The van der Waals surface area contributed by atoms with E-state index >= 15 is 0 Å². The maximum Gasteiger partial charge on any atom is 0.183 e. The zero-order chi connectivity index (χ0) is 22.2. The summed E-state index contributed by atoms with van der Waals surface area (Å²) in [6, 6.07) is 23.5. The summed E-state index contributed by atoms with van der Waals surface area (Å²) in [6.07, 6.45) is 2.66. The van der Waals surface area contributed by atoms with Crippen LogP contribution in [0.2, 0.25) is 0 Å². The van der Waals surface area contributed by atoms with Gasteiger partial charge in [-0.1, -0.05) is 37.3 Å². The predicted octanol–water partition coefficient (Wildman–Crippen LogP) is 5.80. The zero-order valence-corrected chi connectivity index (χ0v) is 18.8. The van der Waals surface area contributed by atoms with Crippen molar-refractivity contribution in [3.05, 3.63) is 83.4 Å². The van der Waals surface area contributed by atoms with Gasteiger partial charge in [0.1, 0.15) is 0 Å². The molecule has 0 radical (unpaired) electrons. The third-order valence-corrected chi connectivity index (χ3v) is 5.57. The Bertz CT molecular complexity index is 1200. The molecule has 4 aromatic rings. The number of methoxy groups -OCH3 is 1. The fourth-order valence-corrected chi connectivity index (χ4v) is 3.89. The van der Waals surface area contributed by atoms with Crippen molar-refractivity contribution < 1.29 is 9.47 Å². The highest BCUT2D eigenvalue weighted by atomic mass is 32.1. The molecule has 4 rings (SSSR count). The van der Waals surface area contributed by atoms with Crippen molar-refractivity contribution in [1.29, 1.82) is 0 Å². The van der Waals surface area contributed by atoms with Crippen LogP contribution in [0.5, 0.6) is 11.5 Å². The molecule has 7 heteroatoms. The molecule has 0 atom stereocenters. The molecule has 0 bridgehead atoms. The average molecular weight is 445 g/mol. The van der Waals surface area contributed by atoms with Crippen molar-refractivity contribution in [2.24, 2.45) is 10.1 Å². The Morgan fingerprint density at radius 2 is 1.84 bits per heavy atom. The first-order valence-electron chi connectivity index (χ1n) is 10.4. The normalized spacial score (nSPS) is 11.8. The largest absolute Gasteiger partial charge is 0.493 e. The highest BCUT2D eigenvalue weighted by Gasteiger charge is 2.10. The van der Waals surface area contributed by atoms with Crippen molar-refractivity contribution in [3.63, 3.8) is 0 Å². The lowest BCUT2D eigenvalue weighted by Gasteiger charge is -2.10. The third kappa shape index (κ3) is 5.31. The van der Waals surface area contributed by atoms with E-state index in [2.05, 4.69) is 17.5 Å². The molecule has 0 saturated carbocycles. The standard InChI is InChI=1S/C25H24N4O2S/c1-3-15-31-21-14-13-18(16-22(21)30-2)17-26-29-24(27-19-9-5-4-6-10-19)25-28-20-11-7-8-12-23(20)32-25/h4-14,16-17H,3,15H2,1-2H3,(H,27,29)/b26-17+. The van der Waals surface area contributed by atoms with E-state index in [4.69, 9.17) is 19.5 Å². The predicted molar refractivity (Wildman–Crippen MR) is 132 cm³/mol. The van der Waals surface area contributed by atoms with E-state index in [1.54, 1.807) is 24.7 Å². The van der Waals surface area contributed by atoms with Gasteiger partial charge in [-0.25, -0.2) is 9.98 Å². The Hall–Kier alpha value is -3.71. The van der Waals surface area contributed by atoms with Crippen molar-refractivity contribution in [2.45, 2.75) is 13.3 Å². The first-order chi connectivity index (χ1) is 15.8. The number of rotatable bonds is 8. The first-order valence-corrected chi connectivity index (χ1v) is 11.2. The van der Waals surface area contributed by atoms with Gasteiger partial charge in [0.05, 0.1) is 35.8 Å². The number of hydrogen-bond acceptors (Lipinski definition) is 6. The lowest BCUT2D eigenvalue weighted by atomic mass is 10.2. The van der Waals surface area contributed by atoms with E-state index in [0.29, 0.717) is 18.2 Å². The fraction of sp³-hybridized carbons (Fsp3) is 0.160. The first kappa shape index (κ1) is 21.5. The number of nitrogens with one attached hydrogen (secondary N) is 1. The van der Waals surface area contributed by atoms with E-state index in [1.807, 2.05) is 72.8 Å². The van der Waals surface area contributed by atoms with Gasteiger partial charge in [0.25, 0.3) is 0 Å². The summed E-state index contributed by atoms with van der Waals surface area (Å²) in [6.45, 7) is 2.71. The molecule has 0 unspecified atom stereocenters. The van der Waals surface area contributed by atoms with E-state index in [-0.39, 0.29) is 0 Å². The third-order valence-electron chi connectivity index (χ3n) is 4.53. The maximum atomic E-state index is 5.72. The minimum absolute atomic E-state index is 0.587. The van der Waals surface area contributed by atoms with Gasteiger partial charge >= 0.3 is 0 Å². The Morgan fingerprint density at radius 1 is 1.03 bits per heavy atom. The molecule has 0 fully saturated rings. The smallest absolute Gasteiger partial charge is 0.183 e. The summed E-state index contributed by atoms with van der Waals surface area (Å²) in [7, 11) is 1.63. The lowest BCUT2D eigenvalue weighted by molar-refractivity contribution is 0.294. The summed E-state index contributed by atoms with van der Waals surface area (Å²) in [5, 5.41) is 5.19. The molecule has 32 heavy (non-hydrogen) atoms. The molecule has 1 heterocycles. The van der Waals surface area contributed by atoms with Gasteiger partial charge < -0.3 is 9.47 Å². The molecule has 0 spiro atoms. The summed E-state index contributed by atoms with van der Waals surface area (Å²) in [4.78, 5) is 9.45. The van der Waals surface area contributed by atoms with Crippen LogP contribution in [0.25, 0.3) is 10.2 Å². The van der Waals surface area contributed by atoms with Gasteiger partial charge in [-0.3, -0.25) is 5.43 Å². The highest BCUT2D eigenvalue weighted by Crippen LogP contribution is 2.28. The molecule has 3 aromatic carbocycles. The van der Waals surface area contributed by atoms with E-state index < -0.39 is 0 Å². The number of ether oxygens (including phenoxy) is 2. The average Bonchev–Trinajstić information content (AvgIpc) is 3.27. The molecule has 0 aliphatic carbocycles. The molecular formula is C25H24N4O2S. The number of benzene rings is 3. The summed E-state index contributed by atoms with van der Waals surface area (Å²) < 4.78 is 12.3. The molecule has 1 aromatic heterocycles. The van der Waals surface area contributed by atoms with Gasteiger partial charge in [0, 0.05) is 0 Å². The van der Waals surface area contributed by atoms with E-state index in [0.717, 1.165) is 38.6 Å². The Morgan fingerprint density at radius 3 is 2.62 bits per heavy atom. The number of aromatic nitrogens is 1. The second kappa shape index (κ2) is 10.5. The topological polar surface area (TPSA) is 68.1 Å². The summed E-state index contributed by atoms with van der Waals surface area (Å²) >= 11 is 1.57. The number of para-hydroxylation sites is 2. The number of hydrazone groups is 1. The molecule has 0 aliphatic rings. The fourth-order valence-electron chi connectivity index (χ4n) is 2.99. The van der Waals surface area contributed by atoms with Gasteiger partial charge in [0.2, 0.25) is 0 Å². The second-order valence-electron chi connectivity index (χ2n) is 6.91. The van der Waals surface area contributed by atoms with Gasteiger partial charge in [-0.2, -0.15) is 5.10 Å². The SMILES string of the molecule is CCCOc1ccc(/C=N/NC(=Nc2ccccc2)c2nc3ccccc3s2)cc1OC. The quantitative estimate of drug-likeness (QED) is 0.212. The zero-order valence-electron chi connectivity index (χ0n) is 18.0. The minimum Gasteiger partial charge on any atom is -0.493 e. The van der Waals surface area contributed by atoms with Crippen LogP contribution in [0.1, 0.15) is 23.9 Å². The van der Waals surface area contributed by atoms with E-state index in [1.165, 1.54) is 0 Å². The van der Waals surface area contributed by atoms with Crippen LogP contribution in [-0.4, -0.2) is 30.8 Å². The van der Waals surface area contributed by atoms with E-state index in [9.17, 15) is 0 Å². The van der Waals surface area contributed by atoms with Crippen molar-refractivity contribution in [2.75, 3.05) is 13.7 Å². The van der Waals surface area contributed by atoms with Crippen molar-refractivity contribution in [3.8, 4) is 11.5 Å². The van der Waals surface area contributed by atoms with Crippen LogP contribution in [-0.2, 0) is 0 Å². The Kier molecular flexibility index (Phi) is 7.09. The van der Waals surface area contributed by atoms with Crippen LogP contribution in [0.15, 0.2) is 82.9 Å². The van der Waals surface area contributed by atoms with Gasteiger partial charge in [0.15, 0.2) is 22.3 Å². The molecule has 6 nitrogen and oxygen atoms in total. The molecule has 162 valence electrons. The van der Waals surface area contributed by atoms with Crippen LogP contribution < -0.4 is 14.9 Å². The number of aliphatic imine (C=N–C) groups is 1. The van der Waals surface area contributed by atoms with Gasteiger partial charge in [-0.15, -0.1) is 11.3 Å². The van der Waals surface area contributed by atoms with Crippen molar-refractivity contribution >= 4 is 39.3 Å². The Labute approximate surface area is 191 Å². The van der Waals surface area contributed by atoms with Crippen LogP contribution in [0, 0.1) is 0 Å². The molecule has 0 amide bonds. The number of thiazole rings is 1. The van der Waals surface area contributed by atoms with Gasteiger partial charge in [-0.05, 0) is 54.4 Å². The van der Waals surface area contributed by atoms with Crippen molar-refractivity contribution in [1.82, 2.24) is 10.4 Å². The summed E-state index contributed by atoms with van der Waals surface area (Å²) in [5.74, 6) is 1.98. The number of amidine groups is 1. The molecule has 1 N–H and O–H groups in total. The number of nitrogens with zero attached hydrogens (tertiary/aromatic N) is 3. The minimum atomic E-state index is 0.587. The number of fused-ring (bicyclic) bond motifs is 1. The lowest BCUT2D eigenvalue weighted by Crippen LogP contribution is -2.18.